The molecule has 3 aromatic rings. The number of benzene rings is 2. The number of carbonyl (C=O) groups excluding carboxylic acids is 1. The molecule has 1 aromatic heterocycles. The van der Waals surface area contributed by atoms with Crippen LogP contribution in [0.25, 0.3) is 11.0 Å². The summed E-state index contributed by atoms with van der Waals surface area (Å²) in [5.74, 6) is -5.07. The molecule has 0 unspecified atom stereocenters. The molecule has 1 amide bonds. The first-order valence-corrected chi connectivity index (χ1v) is 6.79. The van der Waals surface area contributed by atoms with Gasteiger partial charge in [-0.15, -0.1) is 5.10 Å². The van der Waals surface area contributed by atoms with E-state index in [-0.39, 0.29) is 5.56 Å². The van der Waals surface area contributed by atoms with Gasteiger partial charge in [0.15, 0.2) is 17.5 Å². The van der Waals surface area contributed by atoms with Gasteiger partial charge in [0, 0.05) is 12.1 Å². The molecule has 0 fully saturated rings. The van der Waals surface area contributed by atoms with Gasteiger partial charge in [-0.25, -0.2) is 17.9 Å². The maximum atomic E-state index is 13.6. The van der Waals surface area contributed by atoms with Gasteiger partial charge in [0.2, 0.25) is 0 Å². The van der Waals surface area contributed by atoms with Gasteiger partial charge >= 0.3 is 0 Å². The molecule has 0 bridgehead atoms. The molecule has 1 N–H and O–H groups in total. The third-order valence-electron chi connectivity index (χ3n) is 3.36. The van der Waals surface area contributed by atoms with E-state index in [2.05, 4.69) is 15.6 Å². The number of anilines is 1. The van der Waals surface area contributed by atoms with Gasteiger partial charge in [0.25, 0.3) is 5.91 Å². The SMILES string of the molecule is CCn1nnc2cc(C(=O)Nc3ccc(F)c(F)c3F)ccc21. The van der Waals surface area contributed by atoms with E-state index in [4.69, 9.17) is 0 Å². The molecule has 1 heterocycles. The van der Waals surface area contributed by atoms with E-state index in [0.717, 1.165) is 17.6 Å². The molecule has 0 saturated carbocycles. The molecular weight excluding hydrogens is 309 g/mol. The molecule has 2 aromatic carbocycles. The normalized spacial score (nSPS) is 11.0. The van der Waals surface area contributed by atoms with E-state index >= 15 is 0 Å². The van der Waals surface area contributed by atoms with Crippen LogP contribution in [-0.2, 0) is 6.54 Å². The van der Waals surface area contributed by atoms with Crippen LogP contribution in [0, 0.1) is 17.5 Å². The fraction of sp³-hybridized carbons (Fsp3) is 0.133. The highest BCUT2D eigenvalue weighted by Gasteiger charge is 2.16. The highest BCUT2D eigenvalue weighted by Crippen LogP contribution is 2.21. The third kappa shape index (κ3) is 2.63. The molecular formula is C15H11F3N4O. The predicted molar refractivity (Wildman–Crippen MR) is 77.5 cm³/mol. The first-order chi connectivity index (χ1) is 11.0. The molecule has 23 heavy (non-hydrogen) atoms. The first-order valence-electron chi connectivity index (χ1n) is 6.79. The Bertz CT molecular complexity index is 907. The molecule has 3 rings (SSSR count). The summed E-state index contributed by atoms with van der Waals surface area (Å²) in [5, 5.41) is 10.1. The summed E-state index contributed by atoms with van der Waals surface area (Å²) >= 11 is 0. The number of amides is 1. The van der Waals surface area contributed by atoms with Gasteiger partial charge in [-0.1, -0.05) is 5.21 Å². The Labute approximate surface area is 128 Å². The van der Waals surface area contributed by atoms with Crippen LogP contribution in [0.3, 0.4) is 0 Å². The molecule has 5 nitrogen and oxygen atoms in total. The minimum atomic E-state index is -1.64. The van der Waals surface area contributed by atoms with E-state index in [0.29, 0.717) is 12.1 Å². The summed E-state index contributed by atoms with van der Waals surface area (Å²) in [5.41, 5.74) is 1.02. The number of nitrogens with zero attached hydrogens (tertiary/aromatic N) is 3. The van der Waals surface area contributed by atoms with Crippen molar-refractivity contribution in [2.45, 2.75) is 13.5 Å². The van der Waals surface area contributed by atoms with Crippen LogP contribution in [0.4, 0.5) is 18.9 Å². The summed E-state index contributed by atoms with van der Waals surface area (Å²) in [6, 6.07) is 6.36. The summed E-state index contributed by atoms with van der Waals surface area (Å²) in [7, 11) is 0. The lowest BCUT2D eigenvalue weighted by molar-refractivity contribution is 0.102. The van der Waals surface area contributed by atoms with Crippen LogP contribution >= 0.6 is 0 Å². The highest BCUT2D eigenvalue weighted by molar-refractivity contribution is 6.05. The standard InChI is InChI=1S/C15H11F3N4O/c1-2-22-12-6-3-8(7-11(12)20-21-22)15(23)19-10-5-4-9(16)13(17)14(10)18/h3-7H,2H2,1H3,(H,19,23). The lowest BCUT2D eigenvalue weighted by Crippen LogP contribution is -2.14. The van der Waals surface area contributed by atoms with Crippen molar-refractivity contribution in [3.63, 3.8) is 0 Å². The predicted octanol–water partition coefficient (Wildman–Crippen LogP) is 3.12. The lowest BCUT2D eigenvalue weighted by Gasteiger charge is -2.07. The van der Waals surface area contributed by atoms with Gasteiger partial charge in [-0.2, -0.15) is 0 Å². The van der Waals surface area contributed by atoms with Gasteiger partial charge in [-0.05, 0) is 37.3 Å². The van der Waals surface area contributed by atoms with Crippen LogP contribution < -0.4 is 5.32 Å². The number of hydrogen-bond acceptors (Lipinski definition) is 3. The summed E-state index contributed by atoms with van der Waals surface area (Å²) in [4.78, 5) is 12.1. The largest absolute Gasteiger partial charge is 0.319 e. The van der Waals surface area contributed by atoms with Crippen molar-refractivity contribution >= 4 is 22.6 Å². The number of carbonyl (C=O) groups is 1. The fourth-order valence-electron chi connectivity index (χ4n) is 2.16. The Kier molecular flexibility index (Phi) is 3.73. The monoisotopic (exact) mass is 320 g/mol. The number of rotatable bonds is 3. The second-order valence-electron chi connectivity index (χ2n) is 4.79. The highest BCUT2D eigenvalue weighted by atomic mass is 19.2. The topological polar surface area (TPSA) is 59.8 Å². The Hall–Kier alpha value is -2.90. The molecule has 0 aliphatic carbocycles. The maximum Gasteiger partial charge on any atom is 0.255 e. The average Bonchev–Trinajstić information content (AvgIpc) is 2.97. The molecule has 0 aliphatic rings. The molecule has 118 valence electrons. The van der Waals surface area contributed by atoms with Crippen LogP contribution in [0.5, 0.6) is 0 Å². The van der Waals surface area contributed by atoms with E-state index in [9.17, 15) is 18.0 Å². The quantitative estimate of drug-likeness (QED) is 0.754. The van der Waals surface area contributed by atoms with Crippen molar-refractivity contribution in [2.75, 3.05) is 5.32 Å². The molecule has 0 spiro atoms. The molecule has 0 atom stereocenters. The van der Waals surface area contributed by atoms with E-state index < -0.39 is 29.0 Å². The summed E-state index contributed by atoms with van der Waals surface area (Å²) in [6.45, 7) is 2.53. The van der Waals surface area contributed by atoms with Crippen molar-refractivity contribution in [1.29, 1.82) is 0 Å². The second-order valence-corrected chi connectivity index (χ2v) is 4.79. The Morgan fingerprint density at radius 3 is 2.70 bits per heavy atom. The fourth-order valence-corrected chi connectivity index (χ4v) is 2.16. The number of aromatic nitrogens is 3. The van der Waals surface area contributed by atoms with E-state index in [1.165, 1.54) is 12.1 Å². The van der Waals surface area contributed by atoms with Crippen molar-refractivity contribution in [1.82, 2.24) is 15.0 Å². The summed E-state index contributed by atoms with van der Waals surface area (Å²) < 4.78 is 41.3. The van der Waals surface area contributed by atoms with Gasteiger partial charge in [-0.3, -0.25) is 4.79 Å². The van der Waals surface area contributed by atoms with Gasteiger partial charge < -0.3 is 5.32 Å². The van der Waals surface area contributed by atoms with Crippen molar-refractivity contribution in [2.24, 2.45) is 0 Å². The smallest absolute Gasteiger partial charge is 0.255 e. The minimum Gasteiger partial charge on any atom is -0.319 e. The zero-order valence-corrected chi connectivity index (χ0v) is 12.0. The average molecular weight is 320 g/mol. The Morgan fingerprint density at radius 2 is 1.96 bits per heavy atom. The summed E-state index contributed by atoms with van der Waals surface area (Å²) in [6.07, 6.45) is 0. The molecule has 0 saturated heterocycles. The van der Waals surface area contributed by atoms with Crippen molar-refractivity contribution < 1.29 is 18.0 Å². The van der Waals surface area contributed by atoms with E-state index in [1.54, 1.807) is 10.7 Å². The number of halogens is 3. The van der Waals surface area contributed by atoms with Crippen LogP contribution in [-0.4, -0.2) is 20.9 Å². The van der Waals surface area contributed by atoms with Gasteiger partial charge in [0.05, 0.1) is 11.2 Å². The van der Waals surface area contributed by atoms with Crippen LogP contribution in [0.15, 0.2) is 30.3 Å². The van der Waals surface area contributed by atoms with Crippen LogP contribution in [0.1, 0.15) is 17.3 Å². The zero-order chi connectivity index (χ0) is 16.6. The number of nitrogens with one attached hydrogen (secondary N) is 1. The molecule has 8 heteroatoms. The van der Waals surface area contributed by atoms with Crippen molar-refractivity contribution in [3.05, 3.63) is 53.3 Å². The lowest BCUT2D eigenvalue weighted by atomic mass is 10.1. The third-order valence-corrected chi connectivity index (χ3v) is 3.36. The minimum absolute atomic E-state index is 0.199. The second kappa shape index (κ2) is 5.71. The first kappa shape index (κ1) is 15.0. The molecule has 0 radical (unpaired) electrons. The Balaban J connectivity index is 1.90. The number of aryl methyl sites for hydroxylation is 1. The van der Waals surface area contributed by atoms with Crippen LogP contribution in [0.2, 0.25) is 0 Å². The maximum absolute atomic E-state index is 13.6. The molecule has 0 aliphatic heterocycles. The van der Waals surface area contributed by atoms with E-state index in [1.807, 2.05) is 6.92 Å². The van der Waals surface area contributed by atoms with Crippen molar-refractivity contribution in [3.8, 4) is 0 Å². The Morgan fingerprint density at radius 1 is 1.17 bits per heavy atom. The number of hydrogen-bond donors (Lipinski definition) is 1. The zero-order valence-electron chi connectivity index (χ0n) is 12.0. The van der Waals surface area contributed by atoms with Gasteiger partial charge in [0.1, 0.15) is 5.52 Å². The number of fused-ring (bicyclic) bond motifs is 1.